The van der Waals surface area contributed by atoms with Gasteiger partial charge in [0.1, 0.15) is 12.2 Å². The fraction of sp³-hybridized carbons (Fsp3) is 0.364. The lowest BCUT2D eigenvalue weighted by atomic mass is 9.88. The summed E-state index contributed by atoms with van der Waals surface area (Å²) in [5.41, 5.74) is 0.518. The molecule has 0 bridgehead atoms. The Morgan fingerprint density at radius 1 is 1.56 bits per heavy atom. The van der Waals surface area contributed by atoms with Crippen LogP contribution in [-0.2, 0) is 15.1 Å². The van der Waals surface area contributed by atoms with Crippen LogP contribution in [0.5, 0.6) is 0 Å². The van der Waals surface area contributed by atoms with Crippen LogP contribution in [0.3, 0.4) is 0 Å². The molecule has 1 aromatic rings. The Balaban J connectivity index is 2.17. The van der Waals surface area contributed by atoms with E-state index in [1.165, 1.54) is 0 Å². The Kier molecular flexibility index (Phi) is 3.28. The zero-order valence-electron chi connectivity index (χ0n) is 8.57. The second kappa shape index (κ2) is 4.53. The minimum absolute atomic E-state index is 0.270. The maximum Gasteiger partial charge on any atom is 0.329 e. The number of benzene rings is 1. The Morgan fingerprint density at radius 3 is 2.81 bits per heavy atom. The van der Waals surface area contributed by atoms with Crippen molar-refractivity contribution >= 4 is 21.9 Å². The van der Waals surface area contributed by atoms with Gasteiger partial charge in [0.05, 0.1) is 0 Å². The van der Waals surface area contributed by atoms with Crippen molar-refractivity contribution in [2.75, 3.05) is 19.7 Å². The average Bonchev–Trinajstić information content (AvgIpc) is 2.15. The van der Waals surface area contributed by atoms with Crippen LogP contribution in [0.1, 0.15) is 5.56 Å². The predicted molar refractivity (Wildman–Crippen MR) is 62.3 cm³/mol. The van der Waals surface area contributed by atoms with Crippen molar-refractivity contribution in [2.24, 2.45) is 0 Å². The molecule has 2 N–H and O–H groups in total. The first kappa shape index (κ1) is 11.6. The highest BCUT2D eigenvalue weighted by Gasteiger charge is 2.40. The topological polar surface area (TPSA) is 58.6 Å². The van der Waals surface area contributed by atoms with Crippen LogP contribution in [0.25, 0.3) is 0 Å². The first-order valence-corrected chi connectivity index (χ1v) is 5.74. The van der Waals surface area contributed by atoms with E-state index in [2.05, 4.69) is 21.2 Å². The zero-order chi connectivity index (χ0) is 11.6. The molecule has 0 spiro atoms. The number of carboxylic acid groups (broad SMARTS) is 1. The molecule has 4 nitrogen and oxygen atoms in total. The van der Waals surface area contributed by atoms with Gasteiger partial charge >= 0.3 is 5.97 Å². The van der Waals surface area contributed by atoms with Crippen LogP contribution in [0.4, 0.5) is 0 Å². The summed E-state index contributed by atoms with van der Waals surface area (Å²) in [6.07, 6.45) is 0. The number of carboxylic acids is 1. The fourth-order valence-corrected chi connectivity index (χ4v) is 2.11. The molecule has 5 heteroatoms. The summed E-state index contributed by atoms with van der Waals surface area (Å²) in [6, 6.07) is 7.76. The standard InChI is InChI=1S/C11H12BrNO3/c12-9-3-1-2-8(4-9)11(6-13-7-11)16-5-10(14)15/h1-4,13H,5-7H2,(H,14,15). The van der Waals surface area contributed by atoms with E-state index in [0.29, 0.717) is 13.1 Å². The average molecular weight is 286 g/mol. The van der Waals surface area contributed by atoms with Gasteiger partial charge in [0.2, 0.25) is 0 Å². The highest BCUT2D eigenvalue weighted by molar-refractivity contribution is 9.10. The number of nitrogens with one attached hydrogen (secondary N) is 1. The van der Waals surface area contributed by atoms with Gasteiger partial charge in [-0.15, -0.1) is 0 Å². The van der Waals surface area contributed by atoms with Crippen LogP contribution in [0.15, 0.2) is 28.7 Å². The van der Waals surface area contributed by atoms with Crippen molar-refractivity contribution in [3.8, 4) is 0 Å². The molecule has 16 heavy (non-hydrogen) atoms. The van der Waals surface area contributed by atoms with E-state index in [4.69, 9.17) is 9.84 Å². The molecule has 1 aliphatic rings. The van der Waals surface area contributed by atoms with Gasteiger partial charge < -0.3 is 15.2 Å². The second-order valence-corrected chi connectivity index (χ2v) is 4.71. The molecule has 1 fully saturated rings. The largest absolute Gasteiger partial charge is 0.480 e. The van der Waals surface area contributed by atoms with E-state index < -0.39 is 11.6 Å². The molecule has 0 aliphatic carbocycles. The minimum atomic E-state index is -0.943. The molecule has 1 aliphatic heterocycles. The van der Waals surface area contributed by atoms with Crippen molar-refractivity contribution in [3.05, 3.63) is 34.3 Å². The van der Waals surface area contributed by atoms with Crippen LogP contribution in [0.2, 0.25) is 0 Å². The summed E-state index contributed by atoms with van der Waals surface area (Å²) in [5, 5.41) is 11.8. The maximum absolute atomic E-state index is 10.5. The molecular formula is C11H12BrNO3. The van der Waals surface area contributed by atoms with Crippen LogP contribution in [-0.4, -0.2) is 30.8 Å². The van der Waals surface area contributed by atoms with Gasteiger partial charge in [0, 0.05) is 17.6 Å². The molecule has 0 atom stereocenters. The summed E-state index contributed by atoms with van der Waals surface area (Å²) in [4.78, 5) is 10.5. The molecule has 0 saturated carbocycles. The van der Waals surface area contributed by atoms with Crippen LogP contribution >= 0.6 is 15.9 Å². The highest BCUT2D eigenvalue weighted by Crippen LogP contribution is 2.31. The second-order valence-electron chi connectivity index (χ2n) is 3.79. The van der Waals surface area contributed by atoms with E-state index in [9.17, 15) is 4.79 Å². The first-order valence-electron chi connectivity index (χ1n) is 4.95. The lowest BCUT2D eigenvalue weighted by Gasteiger charge is -2.42. The Hall–Kier alpha value is -0.910. The fourth-order valence-electron chi connectivity index (χ4n) is 1.71. The quantitative estimate of drug-likeness (QED) is 0.877. The number of hydrogen-bond donors (Lipinski definition) is 2. The van der Waals surface area contributed by atoms with Crippen molar-refractivity contribution in [1.82, 2.24) is 5.32 Å². The third-order valence-electron chi connectivity index (χ3n) is 2.64. The number of ether oxygens (including phenoxy) is 1. The Bertz CT molecular complexity index is 404. The van der Waals surface area contributed by atoms with E-state index in [0.717, 1.165) is 10.0 Å². The summed E-state index contributed by atoms with van der Waals surface area (Å²) in [5.74, 6) is -0.943. The number of aliphatic carboxylic acids is 1. The minimum Gasteiger partial charge on any atom is -0.480 e. The van der Waals surface area contributed by atoms with Gasteiger partial charge in [-0.2, -0.15) is 0 Å². The van der Waals surface area contributed by atoms with Gasteiger partial charge in [-0.05, 0) is 17.7 Å². The van der Waals surface area contributed by atoms with Crippen molar-refractivity contribution in [3.63, 3.8) is 0 Å². The summed E-state index contributed by atoms with van der Waals surface area (Å²) < 4.78 is 6.45. The molecule has 1 aromatic carbocycles. The van der Waals surface area contributed by atoms with Crippen molar-refractivity contribution < 1.29 is 14.6 Å². The van der Waals surface area contributed by atoms with Crippen LogP contribution < -0.4 is 5.32 Å². The first-order chi connectivity index (χ1) is 7.62. The molecule has 1 heterocycles. The van der Waals surface area contributed by atoms with Crippen LogP contribution in [0, 0.1) is 0 Å². The van der Waals surface area contributed by atoms with E-state index in [1.807, 2.05) is 24.3 Å². The molecular weight excluding hydrogens is 274 g/mol. The molecule has 86 valence electrons. The number of rotatable bonds is 4. The Morgan fingerprint density at radius 2 is 2.31 bits per heavy atom. The lowest BCUT2D eigenvalue weighted by Crippen LogP contribution is -2.58. The third-order valence-corrected chi connectivity index (χ3v) is 3.14. The number of halogens is 1. The lowest BCUT2D eigenvalue weighted by molar-refractivity contribution is -0.155. The van der Waals surface area contributed by atoms with Gasteiger partial charge in [-0.1, -0.05) is 28.1 Å². The van der Waals surface area contributed by atoms with E-state index in [1.54, 1.807) is 0 Å². The normalized spacial score (nSPS) is 17.8. The van der Waals surface area contributed by atoms with Gasteiger partial charge in [0.15, 0.2) is 0 Å². The number of hydrogen-bond acceptors (Lipinski definition) is 3. The summed E-state index contributed by atoms with van der Waals surface area (Å²) in [7, 11) is 0. The SMILES string of the molecule is O=C(O)COC1(c2cccc(Br)c2)CNC1. The van der Waals surface area contributed by atoms with E-state index >= 15 is 0 Å². The smallest absolute Gasteiger partial charge is 0.329 e. The van der Waals surface area contributed by atoms with E-state index in [-0.39, 0.29) is 6.61 Å². The van der Waals surface area contributed by atoms with Crippen molar-refractivity contribution in [1.29, 1.82) is 0 Å². The zero-order valence-corrected chi connectivity index (χ0v) is 10.2. The highest BCUT2D eigenvalue weighted by atomic mass is 79.9. The molecule has 1 saturated heterocycles. The van der Waals surface area contributed by atoms with Gasteiger partial charge in [-0.25, -0.2) is 4.79 Å². The van der Waals surface area contributed by atoms with Crippen molar-refractivity contribution in [2.45, 2.75) is 5.60 Å². The molecule has 0 aromatic heterocycles. The monoisotopic (exact) mass is 285 g/mol. The molecule has 0 radical (unpaired) electrons. The molecule has 2 rings (SSSR count). The molecule has 0 amide bonds. The van der Waals surface area contributed by atoms with Gasteiger partial charge in [-0.3, -0.25) is 0 Å². The maximum atomic E-state index is 10.5. The Labute approximate surface area is 102 Å². The predicted octanol–water partition coefficient (Wildman–Crippen LogP) is 1.35. The number of carbonyl (C=O) groups is 1. The summed E-state index contributed by atoms with van der Waals surface area (Å²) >= 11 is 3.40. The third kappa shape index (κ3) is 2.26. The summed E-state index contributed by atoms with van der Waals surface area (Å²) in [6.45, 7) is 1.03. The van der Waals surface area contributed by atoms with Gasteiger partial charge in [0.25, 0.3) is 0 Å². The molecule has 0 unspecified atom stereocenters.